The summed E-state index contributed by atoms with van der Waals surface area (Å²) in [7, 11) is 0. The summed E-state index contributed by atoms with van der Waals surface area (Å²) in [5.41, 5.74) is 3.41. The third-order valence-corrected chi connectivity index (χ3v) is 4.14. The Labute approximate surface area is 148 Å². The number of rotatable bonds is 3. The zero-order valence-corrected chi connectivity index (χ0v) is 14.9. The highest BCUT2D eigenvalue weighted by molar-refractivity contribution is 14.1. The lowest BCUT2D eigenvalue weighted by Gasteiger charge is -2.08. The molecule has 5 heteroatoms. The van der Waals surface area contributed by atoms with E-state index in [1.165, 1.54) is 12.1 Å². The zero-order valence-electron chi connectivity index (χ0n) is 12.7. The summed E-state index contributed by atoms with van der Waals surface area (Å²) < 4.78 is 0.656. The van der Waals surface area contributed by atoms with Gasteiger partial charge in [0, 0.05) is 5.69 Å². The molecule has 2 rings (SSSR count). The van der Waals surface area contributed by atoms with Gasteiger partial charge in [0.1, 0.15) is 17.4 Å². The van der Waals surface area contributed by atoms with Gasteiger partial charge in [0.15, 0.2) is 0 Å². The van der Waals surface area contributed by atoms with Gasteiger partial charge in [-0.15, -0.1) is 0 Å². The van der Waals surface area contributed by atoms with Crippen LogP contribution in [0.25, 0.3) is 6.08 Å². The van der Waals surface area contributed by atoms with Gasteiger partial charge in [-0.3, -0.25) is 4.79 Å². The van der Waals surface area contributed by atoms with Crippen LogP contribution in [0, 0.1) is 28.7 Å². The number of hydrogen-bond acceptors (Lipinski definition) is 3. The third-order valence-electron chi connectivity index (χ3n) is 3.28. The van der Waals surface area contributed by atoms with Gasteiger partial charge in [-0.25, -0.2) is 0 Å². The molecule has 0 saturated heterocycles. The van der Waals surface area contributed by atoms with Crippen molar-refractivity contribution in [2.24, 2.45) is 0 Å². The molecule has 0 aliphatic heterocycles. The molecule has 2 aromatic carbocycles. The van der Waals surface area contributed by atoms with Crippen LogP contribution in [0.15, 0.2) is 42.0 Å². The summed E-state index contributed by atoms with van der Waals surface area (Å²) in [6, 6.07) is 12.5. The van der Waals surface area contributed by atoms with Crippen molar-refractivity contribution in [3.63, 3.8) is 0 Å². The van der Waals surface area contributed by atoms with E-state index in [0.29, 0.717) is 14.8 Å². The average Bonchev–Trinajstić information content (AvgIpc) is 2.51. The quantitative estimate of drug-likeness (QED) is 0.447. The molecule has 0 aliphatic carbocycles. The van der Waals surface area contributed by atoms with Crippen LogP contribution in [0.1, 0.15) is 16.7 Å². The summed E-state index contributed by atoms with van der Waals surface area (Å²) in [6.45, 7) is 3.88. The summed E-state index contributed by atoms with van der Waals surface area (Å²) in [6.07, 6.45) is 1.50. The van der Waals surface area contributed by atoms with Gasteiger partial charge in [0.05, 0.1) is 3.57 Å². The fourth-order valence-corrected chi connectivity index (χ4v) is 2.61. The molecule has 0 heterocycles. The first-order valence-corrected chi connectivity index (χ1v) is 7.97. The second-order valence-electron chi connectivity index (χ2n) is 5.15. The predicted molar refractivity (Wildman–Crippen MR) is 99.0 cm³/mol. The van der Waals surface area contributed by atoms with Crippen molar-refractivity contribution in [1.82, 2.24) is 0 Å². The molecule has 0 aliphatic rings. The lowest BCUT2D eigenvalue weighted by molar-refractivity contribution is -0.112. The zero-order chi connectivity index (χ0) is 17.0. The molecule has 23 heavy (non-hydrogen) atoms. The monoisotopic (exact) mass is 418 g/mol. The number of hydrogen-bond donors (Lipinski definition) is 2. The Morgan fingerprint density at radius 1 is 1.26 bits per heavy atom. The third kappa shape index (κ3) is 4.33. The van der Waals surface area contributed by atoms with Crippen LogP contribution in [0.2, 0.25) is 0 Å². The normalized spacial score (nSPS) is 11.0. The maximum Gasteiger partial charge on any atom is 0.266 e. The number of halogens is 1. The minimum absolute atomic E-state index is 0.00599. The van der Waals surface area contributed by atoms with Crippen LogP contribution < -0.4 is 5.32 Å². The Morgan fingerprint density at radius 3 is 2.61 bits per heavy atom. The van der Waals surface area contributed by atoms with Crippen molar-refractivity contribution in [2.75, 3.05) is 5.32 Å². The number of nitrogens with one attached hydrogen (secondary N) is 1. The van der Waals surface area contributed by atoms with Gasteiger partial charge in [-0.2, -0.15) is 5.26 Å². The number of benzene rings is 2. The Bertz CT molecular complexity index is 835. The minimum atomic E-state index is -0.456. The summed E-state index contributed by atoms with van der Waals surface area (Å²) in [4.78, 5) is 12.3. The number of amides is 1. The smallest absolute Gasteiger partial charge is 0.266 e. The van der Waals surface area contributed by atoms with Crippen molar-refractivity contribution in [3.8, 4) is 11.8 Å². The number of aromatic hydroxyl groups is 1. The molecule has 0 fully saturated rings. The number of carbonyl (C=O) groups is 1. The number of phenolic OH excluding ortho intramolecular Hbond substituents is 1. The first-order valence-electron chi connectivity index (χ1n) is 6.89. The van der Waals surface area contributed by atoms with Crippen LogP contribution in [0.5, 0.6) is 5.75 Å². The average molecular weight is 418 g/mol. The molecule has 1 amide bonds. The van der Waals surface area contributed by atoms with E-state index in [2.05, 4.69) is 5.32 Å². The first kappa shape index (κ1) is 17.0. The van der Waals surface area contributed by atoms with Crippen molar-refractivity contribution in [1.29, 1.82) is 5.26 Å². The van der Waals surface area contributed by atoms with Crippen LogP contribution in [-0.4, -0.2) is 11.0 Å². The number of carbonyl (C=O) groups excluding carboxylic acids is 1. The standard InChI is InChI=1S/C18H15IN2O2/c1-11-3-5-16(12(2)7-11)21-18(23)14(10-20)8-13-4-6-17(22)15(19)9-13/h3-9,22H,1-2H3,(H,21,23)/b14-8-. The summed E-state index contributed by atoms with van der Waals surface area (Å²) in [5, 5.41) is 21.5. The molecular weight excluding hydrogens is 403 g/mol. The molecule has 0 atom stereocenters. The molecule has 2 aromatic rings. The van der Waals surface area contributed by atoms with Crippen molar-refractivity contribution >= 4 is 40.3 Å². The van der Waals surface area contributed by atoms with E-state index in [9.17, 15) is 15.2 Å². The van der Waals surface area contributed by atoms with Gasteiger partial charge < -0.3 is 10.4 Å². The van der Waals surface area contributed by atoms with Crippen molar-refractivity contribution in [2.45, 2.75) is 13.8 Å². The molecule has 2 N–H and O–H groups in total. The van der Waals surface area contributed by atoms with Crippen LogP contribution in [0.3, 0.4) is 0 Å². The fraction of sp³-hybridized carbons (Fsp3) is 0.111. The Morgan fingerprint density at radius 2 is 2.00 bits per heavy atom. The molecule has 0 aromatic heterocycles. The fourth-order valence-electron chi connectivity index (χ4n) is 2.07. The van der Waals surface area contributed by atoms with Crippen LogP contribution in [0.4, 0.5) is 5.69 Å². The number of anilines is 1. The molecule has 4 nitrogen and oxygen atoms in total. The Balaban J connectivity index is 2.26. The Kier molecular flexibility index (Phi) is 5.40. The predicted octanol–water partition coefficient (Wildman–Crippen LogP) is 4.16. The second-order valence-corrected chi connectivity index (χ2v) is 6.32. The number of aryl methyl sites for hydroxylation is 2. The van der Waals surface area contributed by atoms with E-state index in [1.807, 2.05) is 60.7 Å². The lowest BCUT2D eigenvalue weighted by Crippen LogP contribution is -2.14. The number of nitrogens with zero attached hydrogens (tertiary/aromatic N) is 1. The Hall–Kier alpha value is -2.33. The summed E-state index contributed by atoms with van der Waals surface area (Å²) in [5.74, 6) is -0.288. The van der Waals surface area contributed by atoms with E-state index in [0.717, 1.165) is 11.1 Å². The van der Waals surface area contributed by atoms with Gasteiger partial charge >= 0.3 is 0 Å². The highest BCUT2D eigenvalue weighted by Crippen LogP contribution is 2.22. The van der Waals surface area contributed by atoms with Gasteiger partial charge in [0.25, 0.3) is 5.91 Å². The van der Waals surface area contributed by atoms with Crippen LogP contribution >= 0.6 is 22.6 Å². The van der Waals surface area contributed by atoms with E-state index < -0.39 is 5.91 Å². The first-order chi connectivity index (χ1) is 10.9. The summed E-state index contributed by atoms with van der Waals surface area (Å²) >= 11 is 1.99. The molecule has 116 valence electrons. The van der Waals surface area contributed by atoms with Gasteiger partial charge in [-0.05, 0) is 71.8 Å². The number of nitriles is 1. The van der Waals surface area contributed by atoms with E-state index in [1.54, 1.807) is 12.1 Å². The molecular formula is C18H15IN2O2. The maximum absolute atomic E-state index is 12.3. The largest absolute Gasteiger partial charge is 0.507 e. The molecule has 0 saturated carbocycles. The highest BCUT2D eigenvalue weighted by Gasteiger charge is 2.11. The molecule has 0 spiro atoms. The molecule has 0 unspecified atom stereocenters. The van der Waals surface area contributed by atoms with E-state index in [-0.39, 0.29) is 11.3 Å². The van der Waals surface area contributed by atoms with Crippen molar-refractivity contribution in [3.05, 3.63) is 62.2 Å². The SMILES string of the molecule is Cc1ccc(NC(=O)/C(C#N)=C\c2ccc(O)c(I)c2)c(C)c1. The molecule has 0 bridgehead atoms. The topological polar surface area (TPSA) is 73.1 Å². The number of phenols is 1. The minimum Gasteiger partial charge on any atom is -0.507 e. The maximum atomic E-state index is 12.3. The highest BCUT2D eigenvalue weighted by atomic mass is 127. The van der Waals surface area contributed by atoms with E-state index in [4.69, 9.17) is 0 Å². The lowest BCUT2D eigenvalue weighted by atomic mass is 10.1. The van der Waals surface area contributed by atoms with Crippen LogP contribution in [-0.2, 0) is 4.79 Å². The van der Waals surface area contributed by atoms with Gasteiger partial charge in [0.2, 0.25) is 0 Å². The van der Waals surface area contributed by atoms with E-state index >= 15 is 0 Å². The second kappa shape index (κ2) is 7.29. The van der Waals surface area contributed by atoms with Crippen molar-refractivity contribution < 1.29 is 9.90 Å². The van der Waals surface area contributed by atoms with Gasteiger partial charge in [-0.1, -0.05) is 23.8 Å². The molecule has 0 radical (unpaired) electrons.